The SMILES string of the molecule is O=C(O)[C@H]1CCCN(C(=O)Cn2nc3c(cc2=O)CCCC3)C1. The maximum atomic E-state index is 12.4. The minimum atomic E-state index is -0.869. The molecule has 7 heteroatoms. The van der Waals surface area contributed by atoms with Gasteiger partial charge in [0.25, 0.3) is 5.56 Å². The number of aliphatic carboxylic acids is 1. The molecule has 0 radical (unpaired) electrons. The molecule has 2 heterocycles. The van der Waals surface area contributed by atoms with Gasteiger partial charge in [0.05, 0.1) is 11.6 Å². The van der Waals surface area contributed by atoms with Crippen LogP contribution in [0.5, 0.6) is 0 Å². The first-order valence-corrected chi connectivity index (χ1v) is 8.15. The van der Waals surface area contributed by atoms with Gasteiger partial charge in [-0.25, -0.2) is 4.68 Å². The van der Waals surface area contributed by atoms with Gasteiger partial charge in [0.1, 0.15) is 6.54 Å². The number of aryl methyl sites for hydroxylation is 2. The molecule has 1 saturated heterocycles. The number of rotatable bonds is 3. The largest absolute Gasteiger partial charge is 0.481 e. The summed E-state index contributed by atoms with van der Waals surface area (Å²) in [5, 5.41) is 13.4. The van der Waals surface area contributed by atoms with Crippen LogP contribution in [0.3, 0.4) is 0 Å². The molecule has 1 aromatic heterocycles. The standard InChI is InChI=1S/C16H21N3O4/c20-14-8-11-4-1-2-6-13(11)17-19(14)10-15(21)18-7-3-5-12(9-18)16(22)23/h8,12H,1-7,9-10H2,(H,22,23)/t12-/m0/s1. The molecule has 2 aliphatic rings. The van der Waals surface area contributed by atoms with Crippen molar-refractivity contribution >= 4 is 11.9 Å². The number of hydrogen-bond acceptors (Lipinski definition) is 4. The van der Waals surface area contributed by atoms with Gasteiger partial charge in [-0.3, -0.25) is 14.4 Å². The second-order valence-corrected chi connectivity index (χ2v) is 6.34. The summed E-state index contributed by atoms with van der Waals surface area (Å²) >= 11 is 0. The van der Waals surface area contributed by atoms with Gasteiger partial charge in [-0.05, 0) is 44.1 Å². The van der Waals surface area contributed by atoms with Crippen LogP contribution in [0, 0.1) is 5.92 Å². The Kier molecular flexibility index (Phi) is 4.45. The van der Waals surface area contributed by atoms with Crippen molar-refractivity contribution < 1.29 is 14.7 Å². The highest BCUT2D eigenvalue weighted by Gasteiger charge is 2.28. The lowest BCUT2D eigenvalue weighted by Gasteiger charge is -2.30. The molecule has 0 aromatic carbocycles. The summed E-state index contributed by atoms with van der Waals surface area (Å²) < 4.78 is 1.22. The molecule has 1 aromatic rings. The average Bonchev–Trinajstić information content (AvgIpc) is 2.55. The van der Waals surface area contributed by atoms with Gasteiger partial charge in [0.15, 0.2) is 0 Å². The molecule has 1 aliphatic heterocycles. The highest BCUT2D eigenvalue weighted by atomic mass is 16.4. The number of aromatic nitrogens is 2. The minimum absolute atomic E-state index is 0.113. The fourth-order valence-corrected chi connectivity index (χ4v) is 3.35. The van der Waals surface area contributed by atoms with Crippen molar-refractivity contribution in [3.8, 4) is 0 Å². The number of piperidine rings is 1. The topological polar surface area (TPSA) is 92.5 Å². The fraction of sp³-hybridized carbons (Fsp3) is 0.625. The second kappa shape index (κ2) is 6.52. The second-order valence-electron chi connectivity index (χ2n) is 6.34. The molecule has 1 N–H and O–H groups in total. The molecule has 0 spiro atoms. The molecule has 0 bridgehead atoms. The third-order valence-electron chi connectivity index (χ3n) is 4.68. The van der Waals surface area contributed by atoms with Gasteiger partial charge in [-0.2, -0.15) is 5.10 Å². The number of carboxylic acids is 1. The number of fused-ring (bicyclic) bond motifs is 1. The average molecular weight is 319 g/mol. The summed E-state index contributed by atoms with van der Waals surface area (Å²) in [5.74, 6) is -1.62. The zero-order valence-corrected chi connectivity index (χ0v) is 13.0. The predicted octanol–water partition coefficient (Wildman–Crippen LogP) is 0.445. The number of hydrogen-bond donors (Lipinski definition) is 1. The minimum Gasteiger partial charge on any atom is -0.481 e. The molecule has 3 rings (SSSR count). The molecule has 23 heavy (non-hydrogen) atoms. The van der Waals surface area contributed by atoms with Crippen LogP contribution >= 0.6 is 0 Å². The van der Waals surface area contributed by atoms with Gasteiger partial charge in [0.2, 0.25) is 5.91 Å². The lowest BCUT2D eigenvalue weighted by atomic mass is 9.97. The van der Waals surface area contributed by atoms with Crippen molar-refractivity contribution in [1.29, 1.82) is 0 Å². The molecule has 0 saturated carbocycles. The Morgan fingerprint density at radius 2 is 2.04 bits per heavy atom. The third kappa shape index (κ3) is 3.43. The van der Waals surface area contributed by atoms with Gasteiger partial charge in [0, 0.05) is 19.2 Å². The molecule has 0 unspecified atom stereocenters. The fourth-order valence-electron chi connectivity index (χ4n) is 3.35. The monoisotopic (exact) mass is 319 g/mol. The summed E-state index contributed by atoms with van der Waals surface area (Å²) in [6.07, 6.45) is 5.11. The molecule has 1 amide bonds. The first-order valence-electron chi connectivity index (χ1n) is 8.15. The van der Waals surface area contributed by atoms with Gasteiger partial charge >= 0.3 is 5.97 Å². The molecular formula is C16H21N3O4. The maximum Gasteiger partial charge on any atom is 0.308 e. The molecule has 1 atom stereocenters. The highest BCUT2D eigenvalue weighted by Crippen LogP contribution is 2.18. The van der Waals surface area contributed by atoms with E-state index in [1.165, 1.54) is 9.58 Å². The van der Waals surface area contributed by atoms with Crippen LogP contribution in [-0.2, 0) is 29.0 Å². The van der Waals surface area contributed by atoms with E-state index in [-0.39, 0.29) is 24.6 Å². The van der Waals surface area contributed by atoms with Crippen molar-refractivity contribution in [3.05, 3.63) is 27.7 Å². The quantitative estimate of drug-likeness (QED) is 0.873. The van der Waals surface area contributed by atoms with Crippen LogP contribution in [0.1, 0.15) is 36.9 Å². The summed E-state index contributed by atoms with van der Waals surface area (Å²) in [6.45, 7) is 0.647. The van der Waals surface area contributed by atoms with E-state index >= 15 is 0 Å². The van der Waals surface area contributed by atoms with Crippen LogP contribution in [0.15, 0.2) is 10.9 Å². The van der Waals surface area contributed by atoms with Crippen molar-refractivity contribution in [2.24, 2.45) is 5.92 Å². The van der Waals surface area contributed by atoms with Crippen LogP contribution < -0.4 is 5.56 Å². The van der Waals surface area contributed by atoms with Crippen molar-refractivity contribution in [2.45, 2.75) is 45.1 Å². The van der Waals surface area contributed by atoms with Crippen molar-refractivity contribution in [1.82, 2.24) is 14.7 Å². The Labute approximate surface area is 133 Å². The summed E-state index contributed by atoms with van der Waals surface area (Å²) in [6, 6.07) is 1.59. The zero-order valence-electron chi connectivity index (χ0n) is 13.0. The van der Waals surface area contributed by atoms with E-state index in [9.17, 15) is 14.4 Å². The van der Waals surface area contributed by atoms with E-state index < -0.39 is 11.9 Å². The third-order valence-corrected chi connectivity index (χ3v) is 4.68. The normalized spacial score (nSPS) is 20.9. The summed E-state index contributed by atoms with van der Waals surface area (Å²) in [4.78, 5) is 37.1. The number of carbonyl (C=O) groups excluding carboxylic acids is 1. The summed E-state index contributed by atoms with van der Waals surface area (Å²) in [5.41, 5.74) is 1.64. The first-order chi connectivity index (χ1) is 11.0. The molecule has 1 fully saturated rings. The van der Waals surface area contributed by atoms with E-state index in [4.69, 9.17) is 5.11 Å². The number of amides is 1. The molecule has 7 nitrogen and oxygen atoms in total. The molecule has 124 valence electrons. The lowest BCUT2D eigenvalue weighted by molar-refractivity contribution is -0.145. The number of carbonyl (C=O) groups is 2. The Morgan fingerprint density at radius 1 is 1.26 bits per heavy atom. The maximum absolute atomic E-state index is 12.4. The zero-order chi connectivity index (χ0) is 16.4. The van der Waals surface area contributed by atoms with Gasteiger partial charge < -0.3 is 10.0 Å². The smallest absolute Gasteiger partial charge is 0.308 e. The first kappa shape index (κ1) is 15.7. The number of carboxylic acid groups (broad SMARTS) is 1. The van der Waals surface area contributed by atoms with Gasteiger partial charge in [-0.15, -0.1) is 0 Å². The van der Waals surface area contributed by atoms with Crippen molar-refractivity contribution in [3.63, 3.8) is 0 Å². The van der Waals surface area contributed by atoms with Crippen molar-refractivity contribution in [2.75, 3.05) is 13.1 Å². The molecule has 1 aliphatic carbocycles. The van der Waals surface area contributed by atoms with Crippen LogP contribution in [-0.4, -0.2) is 44.8 Å². The van der Waals surface area contributed by atoms with E-state index in [0.717, 1.165) is 36.9 Å². The lowest BCUT2D eigenvalue weighted by Crippen LogP contribution is -2.45. The predicted molar refractivity (Wildman–Crippen MR) is 82.1 cm³/mol. The highest BCUT2D eigenvalue weighted by molar-refractivity contribution is 5.77. The molecular weight excluding hydrogens is 298 g/mol. The Balaban J connectivity index is 1.72. The Morgan fingerprint density at radius 3 is 2.83 bits per heavy atom. The Bertz CT molecular complexity index is 682. The van der Waals surface area contributed by atoms with Crippen LogP contribution in [0.2, 0.25) is 0 Å². The summed E-state index contributed by atoms with van der Waals surface area (Å²) in [7, 11) is 0. The van der Waals surface area contributed by atoms with E-state index in [0.29, 0.717) is 19.4 Å². The van der Waals surface area contributed by atoms with E-state index in [2.05, 4.69) is 5.10 Å². The van der Waals surface area contributed by atoms with E-state index in [1.807, 2.05) is 0 Å². The Hall–Kier alpha value is -2.18. The van der Waals surface area contributed by atoms with E-state index in [1.54, 1.807) is 6.07 Å². The van der Waals surface area contributed by atoms with Gasteiger partial charge in [-0.1, -0.05) is 0 Å². The number of nitrogens with zero attached hydrogens (tertiary/aromatic N) is 3. The number of likely N-dealkylation sites (tertiary alicyclic amines) is 1. The van der Waals surface area contributed by atoms with Crippen LogP contribution in [0.4, 0.5) is 0 Å². The van der Waals surface area contributed by atoms with Crippen LogP contribution in [0.25, 0.3) is 0 Å².